The van der Waals surface area contributed by atoms with Gasteiger partial charge in [-0.15, -0.1) is 0 Å². The van der Waals surface area contributed by atoms with Crippen molar-refractivity contribution in [1.29, 1.82) is 0 Å². The predicted octanol–water partition coefficient (Wildman–Crippen LogP) is 2.60. The van der Waals surface area contributed by atoms with Crippen LogP contribution in [-0.4, -0.2) is 33.5 Å². The first kappa shape index (κ1) is 13.7. The highest BCUT2D eigenvalue weighted by atomic mass is 32.2. The first-order chi connectivity index (χ1) is 9.08. The zero-order valence-corrected chi connectivity index (χ0v) is 11.0. The van der Waals surface area contributed by atoms with Gasteiger partial charge in [-0.2, -0.15) is 11.8 Å². The molecule has 0 spiro atoms. The highest BCUT2D eigenvalue weighted by Gasteiger charge is 2.19. The number of carboxylic acid groups (broad SMARTS) is 1. The van der Waals surface area contributed by atoms with Crippen LogP contribution >= 0.6 is 11.8 Å². The molecule has 1 aliphatic heterocycles. The molecule has 19 heavy (non-hydrogen) atoms. The molecule has 1 heterocycles. The second kappa shape index (κ2) is 5.92. The Morgan fingerprint density at radius 3 is 2.95 bits per heavy atom. The number of carbonyl (C=O) groups is 1. The summed E-state index contributed by atoms with van der Waals surface area (Å²) < 4.78 is 0. The number of nitro groups is 1. The maximum Gasteiger partial charge on any atom is 0.335 e. The Balaban J connectivity index is 2.16. The van der Waals surface area contributed by atoms with Gasteiger partial charge in [0, 0.05) is 17.9 Å². The summed E-state index contributed by atoms with van der Waals surface area (Å²) in [6.45, 7) is 0.620. The molecule has 102 valence electrons. The zero-order chi connectivity index (χ0) is 13.8. The maximum atomic E-state index is 10.9. The Bertz CT molecular complexity index is 501. The third-order valence-electron chi connectivity index (χ3n) is 2.98. The lowest BCUT2D eigenvalue weighted by Crippen LogP contribution is -2.15. The lowest BCUT2D eigenvalue weighted by Gasteiger charge is -2.12. The Kier molecular flexibility index (Phi) is 4.26. The van der Waals surface area contributed by atoms with Crippen LogP contribution in [0.3, 0.4) is 0 Å². The number of hydrogen-bond acceptors (Lipinski definition) is 5. The van der Waals surface area contributed by atoms with E-state index in [0.29, 0.717) is 11.8 Å². The van der Waals surface area contributed by atoms with E-state index in [1.165, 1.54) is 18.2 Å². The van der Waals surface area contributed by atoms with Crippen LogP contribution in [0, 0.1) is 10.1 Å². The van der Waals surface area contributed by atoms with E-state index in [2.05, 4.69) is 5.32 Å². The SMILES string of the molecule is O=C(O)c1ccc([N+](=O)[O-])c(NCC2CCCS2)c1. The van der Waals surface area contributed by atoms with Gasteiger partial charge in [0.1, 0.15) is 5.69 Å². The predicted molar refractivity (Wildman–Crippen MR) is 74.0 cm³/mol. The number of anilines is 1. The van der Waals surface area contributed by atoms with Crippen molar-refractivity contribution < 1.29 is 14.8 Å². The number of nitro benzene ring substituents is 1. The van der Waals surface area contributed by atoms with E-state index >= 15 is 0 Å². The summed E-state index contributed by atoms with van der Waals surface area (Å²) in [5.41, 5.74) is 0.234. The highest BCUT2D eigenvalue weighted by molar-refractivity contribution is 8.00. The number of thioether (sulfide) groups is 1. The van der Waals surface area contributed by atoms with Crippen molar-refractivity contribution >= 4 is 29.1 Å². The molecule has 1 aromatic rings. The van der Waals surface area contributed by atoms with Crippen LogP contribution in [0.15, 0.2) is 18.2 Å². The second-order valence-electron chi connectivity index (χ2n) is 4.31. The molecule has 0 saturated carbocycles. The fourth-order valence-electron chi connectivity index (χ4n) is 2.00. The number of rotatable bonds is 5. The number of hydrogen-bond donors (Lipinski definition) is 2. The molecule has 0 amide bonds. The molecule has 0 aromatic heterocycles. The Labute approximate surface area is 114 Å². The van der Waals surface area contributed by atoms with Crippen LogP contribution in [-0.2, 0) is 0 Å². The second-order valence-corrected chi connectivity index (χ2v) is 5.72. The van der Waals surface area contributed by atoms with Crippen molar-refractivity contribution in [2.75, 3.05) is 17.6 Å². The minimum absolute atomic E-state index is 0.0483. The number of nitrogens with zero attached hydrogens (tertiary/aromatic N) is 1. The van der Waals surface area contributed by atoms with Gasteiger partial charge in [0.2, 0.25) is 0 Å². The normalized spacial score (nSPS) is 18.2. The van der Waals surface area contributed by atoms with Crippen molar-refractivity contribution in [3.05, 3.63) is 33.9 Å². The van der Waals surface area contributed by atoms with E-state index in [4.69, 9.17) is 5.11 Å². The van der Waals surface area contributed by atoms with E-state index in [1.807, 2.05) is 11.8 Å². The molecule has 6 nitrogen and oxygen atoms in total. The van der Waals surface area contributed by atoms with Gasteiger partial charge in [-0.1, -0.05) is 0 Å². The largest absolute Gasteiger partial charge is 0.478 e. The molecule has 2 N–H and O–H groups in total. The number of nitrogens with one attached hydrogen (secondary N) is 1. The van der Waals surface area contributed by atoms with Crippen LogP contribution < -0.4 is 5.32 Å². The topological polar surface area (TPSA) is 92.5 Å². The lowest BCUT2D eigenvalue weighted by molar-refractivity contribution is -0.384. The number of carboxylic acids is 1. The zero-order valence-electron chi connectivity index (χ0n) is 10.2. The number of benzene rings is 1. The first-order valence-corrected chi connectivity index (χ1v) is 7.00. The number of aromatic carboxylic acids is 1. The van der Waals surface area contributed by atoms with E-state index in [-0.39, 0.29) is 16.9 Å². The van der Waals surface area contributed by atoms with E-state index in [9.17, 15) is 14.9 Å². The third kappa shape index (κ3) is 3.37. The highest BCUT2D eigenvalue weighted by Crippen LogP contribution is 2.29. The third-order valence-corrected chi connectivity index (χ3v) is 4.38. The van der Waals surface area contributed by atoms with Crippen LogP contribution in [0.5, 0.6) is 0 Å². The van der Waals surface area contributed by atoms with Crippen LogP contribution in [0.2, 0.25) is 0 Å². The Hall–Kier alpha value is -1.76. The smallest absolute Gasteiger partial charge is 0.335 e. The fraction of sp³-hybridized carbons (Fsp3) is 0.417. The van der Waals surface area contributed by atoms with Gasteiger partial charge in [-0.05, 0) is 30.7 Å². The molecule has 1 aliphatic rings. The van der Waals surface area contributed by atoms with Crippen molar-refractivity contribution in [2.24, 2.45) is 0 Å². The quantitative estimate of drug-likeness (QED) is 0.637. The van der Waals surface area contributed by atoms with Gasteiger partial charge < -0.3 is 10.4 Å². The molecular weight excluding hydrogens is 268 g/mol. The van der Waals surface area contributed by atoms with Crippen LogP contribution in [0.25, 0.3) is 0 Å². The van der Waals surface area contributed by atoms with Crippen LogP contribution in [0.4, 0.5) is 11.4 Å². The summed E-state index contributed by atoms with van der Waals surface area (Å²) in [4.78, 5) is 21.3. The lowest BCUT2D eigenvalue weighted by atomic mass is 10.1. The summed E-state index contributed by atoms with van der Waals surface area (Å²) in [6, 6.07) is 3.80. The summed E-state index contributed by atoms with van der Waals surface area (Å²) in [6.07, 6.45) is 2.25. The fourth-order valence-corrected chi connectivity index (χ4v) is 3.20. The van der Waals surface area contributed by atoms with Crippen LogP contribution in [0.1, 0.15) is 23.2 Å². The average Bonchev–Trinajstić information content (AvgIpc) is 2.88. The molecule has 1 fully saturated rings. The van der Waals surface area contributed by atoms with Gasteiger partial charge in [-0.3, -0.25) is 10.1 Å². The molecule has 0 radical (unpaired) electrons. The minimum atomic E-state index is -1.09. The van der Waals surface area contributed by atoms with Crippen molar-refractivity contribution in [3.8, 4) is 0 Å². The Morgan fingerprint density at radius 1 is 1.58 bits per heavy atom. The molecule has 1 aromatic carbocycles. The minimum Gasteiger partial charge on any atom is -0.478 e. The first-order valence-electron chi connectivity index (χ1n) is 5.95. The maximum absolute atomic E-state index is 10.9. The summed E-state index contributed by atoms with van der Waals surface area (Å²) in [7, 11) is 0. The van der Waals surface area contributed by atoms with Gasteiger partial charge in [-0.25, -0.2) is 4.79 Å². The molecule has 1 saturated heterocycles. The molecule has 1 atom stereocenters. The molecule has 7 heteroatoms. The van der Waals surface area contributed by atoms with Gasteiger partial charge in [0.25, 0.3) is 5.69 Å². The van der Waals surface area contributed by atoms with Crippen molar-refractivity contribution in [1.82, 2.24) is 0 Å². The van der Waals surface area contributed by atoms with Crippen molar-refractivity contribution in [3.63, 3.8) is 0 Å². The van der Waals surface area contributed by atoms with Gasteiger partial charge in [0.05, 0.1) is 10.5 Å². The molecule has 0 bridgehead atoms. The monoisotopic (exact) mass is 282 g/mol. The van der Waals surface area contributed by atoms with E-state index in [1.54, 1.807) is 0 Å². The summed E-state index contributed by atoms with van der Waals surface area (Å²) in [5, 5.41) is 23.3. The van der Waals surface area contributed by atoms with Crippen molar-refractivity contribution in [2.45, 2.75) is 18.1 Å². The molecular formula is C12H14N2O4S. The molecule has 0 aliphatic carbocycles. The summed E-state index contributed by atoms with van der Waals surface area (Å²) >= 11 is 1.84. The van der Waals surface area contributed by atoms with E-state index in [0.717, 1.165) is 18.6 Å². The standard InChI is InChI=1S/C12H14N2O4S/c15-12(16)8-3-4-11(14(17)18)10(6-8)13-7-9-2-1-5-19-9/h3-4,6,9,13H,1-2,5,7H2,(H,15,16). The molecule has 1 unspecified atom stereocenters. The average molecular weight is 282 g/mol. The van der Waals surface area contributed by atoms with Gasteiger partial charge in [0.15, 0.2) is 0 Å². The van der Waals surface area contributed by atoms with Gasteiger partial charge >= 0.3 is 5.97 Å². The van der Waals surface area contributed by atoms with E-state index < -0.39 is 10.9 Å². The summed E-state index contributed by atoms with van der Waals surface area (Å²) in [5.74, 6) is 0.0250. The molecule has 2 rings (SSSR count). The Morgan fingerprint density at radius 2 is 2.37 bits per heavy atom.